The second kappa shape index (κ2) is 3.30. The van der Waals surface area contributed by atoms with Crippen molar-refractivity contribution in [3.63, 3.8) is 0 Å². The first-order valence-corrected chi connectivity index (χ1v) is 4.64. The number of anilines is 1. The van der Waals surface area contributed by atoms with Crippen LogP contribution in [0.5, 0.6) is 5.88 Å². The first-order chi connectivity index (χ1) is 6.27. The molecule has 1 atom stereocenters. The summed E-state index contributed by atoms with van der Waals surface area (Å²) in [7, 11) is 0. The van der Waals surface area contributed by atoms with Gasteiger partial charge >= 0.3 is 0 Å². The van der Waals surface area contributed by atoms with E-state index in [1.165, 1.54) is 0 Å². The highest BCUT2D eigenvalue weighted by Gasteiger charge is 2.19. The van der Waals surface area contributed by atoms with Crippen LogP contribution in [0.25, 0.3) is 0 Å². The lowest BCUT2D eigenvalue weighted by Crippen LogP contribution is -2.42. The quantitative estimate of drug-likeness (QED) is 0.596. The van der Waals surface area contributed by atoms with E-state index in [1.54, 1.807) is 6.20 Å². The van der Waals surface area contributed by atoms with E-state index in [2.05, 4.69) is 9.88 Å². The summed E-state index contributed by atoms with van der Waals surface area (Å²) in [5.41, 5.74) is 6.72. The molecule has 1 fully saturated rings. The van der Waals surface area contributed by atoms with Crippen molar-refractivity contribution in [1.82, 2.24) is 4.98 Å². The number of H-pyrrole nitrogens is 1. The monoisotopic (exact) mass is 181 g/mol. The van der Waals surface area contributed by atoms with Gasteiger partial charge in [0.25, 0.3) is 0 Å². The Kier molecular flexibility index (Phi) is 2.14. The summed E-state index contributed by atoms with van der Waals surface area (Å²) in [5.74, 6) is 0.245. The Hall–Kier alpha value is -1.16. The number of piperidine rings is 1. The van der Waals surface area contributed by atoms with Crippen LogP contribution in [0.4, 0.5) is 5.69 Å². The number of aromatic nitrogens is 1. The summed E-state index contributed by atoms with van der Waals surface area (Å²) in [5, 5.41) is 9.45. The molecule has 0 amide bonds. The molecular formula is C9H15N3O. The standard InChI is InChI=1S/C9H15N3O/c10-7-2-1-5-12(6-7)8-3-4-11-9(8)13/h3-4,7,11,13H,1-2,5-6,10H2/t7-/m1/s1. The Balaban J connectivity index is 2.12. The van der Waals surface area contributed by atoms with Crippen molar-refractivity contribution in [2.75, 3.05) is 18.0 Å². The molecule has 4 nitrogen and oxygen atoms in total. The third-order valence-corrected chi connectivity index (χ3v) is 2.50. The van der Waals surface area contributed by atoms with Gasteiger partial charge < -0.3 is 20.7 Å². The van der Waals surface area contributed by atoms with E-state index in [9.17, 15) is 5.11 Å². The second-order valence-corrected chi connectivity index (χ2v) is 3.56. The molecule has 1 aliphatic heterocycles. The third-order valence-electron chi connectivity index (χ3n) is 2.50. The second-order valence-electron chi connectivity index (χ2n) is 3.56. The van der Waals surface area contributed by atoms with Crippen molar-refractivity contribution < 1.29 is 5.11 Å². The van der Waals surface area contributed by atoms with Crippen LogP contribution in [0.1, 0.15) is 12.8 Å². The van der Waals surface area contributed by atoms with Crippen LogP contribution in [0, 0.1) is 0 Å². The van der Waals surface area contributed by atoms with Gasteiger partial charge in [-0.3, -0.25) is 0 Å². The van der Waals surface area contributed by atoms with Gasteiger partial charge in [-0.25, -0.2) is 0 Å². The molecule has 2 rings (SSSR count). The summed E-state index contributed by atoms with van der Waals surface area (Å²) < 4.78 is 0. The molecule has 4 heteroatoms. The molecule has 0 saturated carbocycles. The summed E-state index contributed by atoms with van der Waals surface area (Å²) in [6, 6.07) is 2.12. The predicted octanol–water partition coefficient (Wildman–Crippen LogP) is 0.648. The Labute approximate surface area is 77.4 Å². The first-order valence-electron chi connectivity index (χ1n) is 4.64. The number of hydrogen-bond donors (Lipinski definition) is 3. The number of rotatable bonds is 1. The van der Waals surface area contributed by atoms with Crippen molar-refractivity contribution in [1.29, 1.82) is 0 Å². The lowest BCUT2D eigenvalue weighted by atomic mass is 10.1. The van der Waals surface area contributed by atoms with Crippen molar-refractivity contribution in [2.45, 2.75) is 18.9 Å². The van der Waals surface area contributed by atoms with E-state index in [0.717, 1.165) is 31.6 Å². The minimum atomic E-state index is 0.239. The summed E-state index contributed by atoms with van der Waals surface area (Å²) in [4.78, 5) is 4.88. The molecule has 0 aliphatic carbocycles. The first kappa shape index (κ1) is 8.44. The lowest BCUT2D eigenvalue weighted by molar-refractivity contribution is 0.448. The minimum Gasteiger partial charge on any atom is -0.493 e. The maximum absolute atomic E-state index is 9.45. The van der Waals surface area contributed by atoms with Crippen molar-refractivity contribution in [2.24, 2.45) is 5.73 Å². The van der Waals surface area contributed by atoms with Crippen LogP contribution in [0.2, 0.25) is 0 Å². The van der Waals surface area contributed by atoms with Gasteiger partial charge in [0.1, 0.15) is 0 Å². The SMILES string of the molecule is N[C@@H]1CCCN(c2cc[nH]c2O)C1. The van der Waals surface area contributed by atoms with Crippen molar-refractivity contribution in [3.8, 4) is 5.88 Å². The maximum atomic E-state index is 9.45. The molecule has 1 saturated heterocycles. The van der Waals surface area contributed by atoms with Crippen molar-refractivity contribution in [3.05, 3.63) is 12.3 Å². The number of nitrogens with one attached hydrogen (secondary N) is 1. The van der Waals surface area contributed by atoms with E-state index in [4.69, 9.17) is 5.73 Å². The average molecular weight is 181 g/mol. The summed E-state index contributed by atoms with van der Waals surface area (Å²) >= 11 is 0. The van der Waals surface area contributed by atoms with Crippen LogP contribution in [0.15, 0.2) is 12.3 Å². The van der Waals surface area contributed by atoms with Gasteiger partial charge in [-0.2, -0.15) is 0 Å². The molecule has 0 spiro atoms. The number of aromatic hydroxyl groups is 1. The number of nitrogens with zero attached hydrogens (tertiary/aromatic N) is 1. The molecule has 1 aromatic rings. The largest absolute Gasteiger partial charge is 0.493 e. The fourth-order valence-corrected chi connectivity index (χ4v) is 1.84. The van der Waals surface area contributed by atoms with E-state index in [1.807, 2.05) is 6.07 Å². The van der Waals surface area contributed by atoms with E-state index < -0.39 is 0 Å². The van der Waals surface area contributed by atoms with E-state index in [-0.39, 0.29) is 11.9 Å². The highest BCUT2D eigenvalue weighted by atomic mass is 16.3. The smallest absolute Gasteiger partial charge is 0.212 e. The van der Waals surface area contributed by atoms with E-state index >= 15 is 0 Å². The number of hydrogen-bond acceptors (Lipinski definition) is 3. The van der Waals surface area contributed by atoms with Gasteiger partial charge in [0.2, 0.25) is 5.88 Å². The third kappa shape index (κ3) is 1.62. The zero-order chi connectivity index (χ0) is 9.26. The highest BCUT2D eigenvalue weighted by molar-refractivity contribution is 5.55. The molecule has 0 bridgehead atoms. The summed E-state index contributed by atoms with van der Waals surface area (Å²) in [6.45, 7) is 1.82. The highest BCUT2D eigenvalue weighted by Crippen LogP contribution is 2.27. The lowest BCUT2D eigenvalue weighted by Gasteiger charge is -2.31. The minimum absolute atomic E-state index is 0.239. The zero-order valence-corrected chi connectivity index (χ0v) is 7.53. The van der Waals surface area contributed by atoms with Gasteiger partial charge in [0.05, 0.1) is 5.69 Å². The Morgan fingerprint density at radius 1 is 1.62 bits per heavy atom. The fraction of sp³-hybridized carbons (Fsp3) is 0.556. The molecule has 13 heavy (non-hydrogen) atoms. The van der Waals surface area contributed by atoms with Crippen LogP contribution < -0.4 is 10.6 Å². The molecule has 2 heterocycles. The van der Waals surface area contributed by atoms with Gasteiger partial charge in [-0.05, 0) is 18.9 Å². The molecule has 0 aromatic carbocycles. The average Bonchev–Trinajstić information content (AvgIpc) is 2.51. The maximum Gasteiger partial charge on any atom is 0.212 e. The van der Waals surface area contributed by atoms with E-state index in [0.29, 0.717) is 0 Å². The van der Waals surface area contributed by atoms with Crippen LogP contribution in [-0.4, -0.2) is 29.2 Å². The van der Waals surface area contributed by atoms with Gasteiger partial charge in [0.15, 0.2) is 0 Å². The Bertz CT molecular complexity index is 284. The van der Waals surface area contributed by atoms with Gasteiger partial charge in [-0.1, -0.05) is 0 Å². The Morgan fingerprint density at radius 3 is 3.08 bits per heavy atom. The molecule has 1 aromatic heterocycles. The van der Waals surface area contributed by atoms with Gasteiger partial charge in [0, 0.05) is 25.3 Å². The molecule has 0 unspecified atom stereocenters. The summed E-state index contributed by atoms with van der Waals surface area (Å²) in [6.07, 6.45) is 3.93. The topological polar surface area (TPSA) is 65.3 Å². The fourth-order valence-electron chi connectivity index (χ4n) is 1.84. The van der Waals surface area contributed by atoms with Crippen molar-refractivity contribution >= 4 is 5.69 Å². The molecular weight excluding hydrogens is 166 g/mol. The molecule has 0 radical (unpaired) electrons. The normalized spacial score (nSPS) is 23.5. The van der Waals surface area contributed by atoms with Crippen LogP contribution in [0.3, 0.4) is 0 Å². The van der Waals surface area contributed by atoms with Crippen LogP contribution >= 0.6 is 0 Å². The molecule has 72 valence electrons. The predicted molar refractivity (Wildman–Crippen MR) is 51.9 cm³/mol. The van der Waals surface area contributed by atoms with Crippen LogP contribution in [-0.2, 0) is 0 Å². The van der Waals surface area contributed by atoms with Gasteiger partial charge in [-0.15, -0.1) is 0 Å². The number of nitrogens with two attached hydrogens (primary N) is 1. The number of aromatic amines is 1. The molecule has 4 N–H and O–H groups in total. The molecule has 1 aliphatic rings. The Morgan fingerprint density at radius 2 is 2.46 bits per heavy atom. The zero-order valence-electron chi connectivity index (χ0n) is 7.53.